The van der Waals surface area contributed by atoms with Crippen LogP contribution < -0.4 is 9.46 Å². The van der Waals surface area contributed by atoms with Gasteiger partial charge in [0.05, 0.1) is 23.5 Å². The molecule has 0 radical (unpaired) electrons. The molecule has 2 aromatic heterocycles. The van der Waals surface area contributed by atoms with E-state index in [9.17, 15) is 18.0 Å². The first-order chi connectivity index (χ1) is 19.0. The fraction of sp³-hybridized carbons (Fsp3) is 0.345. The monoisotopic (exact) mass is 565 g/mol. The van der Waals surface area contributed by atoms with E-state index in [1.54, 1.807) is 35.2 Å². The summed E-state index contributed by atoms with van der Waals surface area (Å²) in [7, 11) is -3.80. The second-order valence-corrected chi connectivity index (χ2v) is 12.2. The Morgan fingerprint density at radius 3 is 2.70 bits per heavy atom. The minimum Gasteiger partial charge on any atom is -0.486 e. The van der Waals surface area contributed by atoms with Gasteiger partial charge < -0.3 is 18.5 Å². The molecular weight excluding hydrogens is 534 g/mol. The molecule has 0 atom stereocenters. The summed E-state index contributed by atoms with van der Waals surface area (Å²) in [5.41, 5.74) is 2.12. The van der Waals surface area contributed by atoms with Crippen LogP contribution in [0.2, 0.25) is 0 Å². The highest BCUT2D eigenvalue weighted by atomic mass is 32.2. The SMILES string of the molecule is Cc1oc(C2(C)CC=CC2)nc1COc1cc2c(cc1C(=O)NS(C)(=O)=O)CCN(C(=O)/C=C/c1ccco1)C2. The topological polar surface area (TPSA) is 132 Å². The number of aromatic nitrogens is 1. The van der Waals surface area contributed by atoms with Gasteiger partial charge in [0.15, 0.2) is 0 Å². The molecule has 0 bridgehead atoms. The van der Waals surface area contributed by atoms with Crippen LogP contribution >= 0.6 is 0 Å². The normalized spacial score (nSPS) is 16.3. The van der Waals surface area contributed by atoms with Crippen molar-refractivity contribution in [2.24, 2.45) is 0 Å². The molecule has 1 aromatic carbocycles. The predicted molar refractivity (Wildman–Crippen MR) is 147 cm³/mol. The zero-order valence-electron chi connectivity index (χ0n) is 22.6. The van der Waals surface area contributed by atoms with Crippen molar-refractivity contribution in [2.75, 3.05) is 12.8 Å². The van der Waals surface area contributed by atoms with Crippen LogP contribution in [0.4, 0.5) is 0 Å². The summed E-state index contributed by atoms with van der Waals surface area (Å²) in [5.74, 6) is 1.05. The first kappa shape index (κ1) is 27.4. The van der Waals surface area contributed by atoms with Crippen molar-refractivity contribution in [3.63, 3.8) is 0 Å². The van der Waals surface area contributed by atoms with Crippen molar-refractivity contribution in [1.82, 2.24) is 14.6 Å². The summed E-state index contributed by atoms with van der Waals surface area (Å²) in [6.07, 6.45) is 11.9. The lowest BCUT2D eigenvalue weighted by Crippen LogP contribution is -2.35. The number of allylic oxidation sites excluding steroid dienone is 2. The highest BCUT2D eigenvalue weighted by Crippen LogP contribution is 2.37. The van der Waals surface area contributed by atoms with Crippen molar-refractivity contribution in [1.29, 1.82) is 0 Å². The van der Waals surface area contributed by atoms with E-state index >= 15 is 0 Å². The van der Waals surface area contributed by atoms with Crippen molar-refractivity contribution in [3.05, 3.63) is 88.6 Å². The molecule has 0 unspecified atom stereocenters. The van der Waals surface area contributed by atoms with Crippen LogP contribution in [0.5, 0.6) is 5.75 Å². The minimum atomic E-state index is -3.80. The zero-order chi connectivity index (χ0) is 28.5. The fourth-order valence-electron chi connectivity index (χ4n) is 4.85. The van der Waals surface area contributed by atoms with Crippen molar-refractivity contribution in [3.8, 4) is 5.75 Å². The summed E-state index contributed by atoms with van der Waals surface area (Å²) in [5, 5.41) is 0. The molecule has 0 fully saturated rings. The summed E-state index contributed by atoms with van der Waals surface area (Å²) in [6.45, 7) is 4.67. The summed E-state index contributed by atoms with van der Waals surface area (Å²) in [4.78, 5) is 32.1. The molecule has 1 aliphatic carbocycles. The lowest BCUT2D eigenvalue weighted by Gasteiger charge is -2.29. The van der Waals surface area contributed by atoms with Crippen molar-refractivity contribution < 1.29 is 31.6 Å². The lowest BCUT2D eigenvalue weighted by molar-refractivity contribution is -0.126. The Hall–Kier alpha value is -4.12. The molecule has 3 aromatic rings. The highest BCUT2D eigenvalue weighted by Gasteiger charge is 2.33. The largest absolute Gasteiger partial charge is 0.486 e. The van der Waals surface area contributed by atoms with Gasteiger partial charge in [0, 0.05) is 19.2 Å². The Bertz CT molecular complexity index is 1590. The van der Waals surface area contributed by atoms with Gasteiger partial charge in [-0.25, -0.2) is 18.1 Å². The summed E-state index contributed by atoms with van der Waals surface area (Å²) in [6, 6.07) is 6.83. The van der Waals surface area contributed by atoms with E-state index in [0.29, 0.717) is 42.6 Å². The highest BCUT2D eigenvalue weighted by molar-refractivity contribution is 7.89. The molecule has 10 nitrogen and oxygen atoms in total. The van der Waals surface area contributed by atoms with E-state index in [2.05, 4.69) is 24.1 Å². The molecule has 0 saturated heterocycles. The maximum Gasteiger partial charge on any atom is 0.268 e. The number of carbonyl (C=O) groups is 2. The molecule has 2 aliphatic rings. The van der Waals surface area contributed by atoms with Crippen LogP contribution in [-0.2, 0) is 39.8 Å². The van der Waals surface area contributed by atoms with Gasteiger partial charge in [0.25, 0.3) is 5.91 Å². The fourth-order valence-corrected chi connectivity index (χ4v) is 5.30. The standard InChI is InChI=1S/C29H31N3O7S/c1-19-24(30-28(39-19)29(2)11-4-5-12-29)18-38-25-16-21-17-32(26(33)9-8-22-7-6-14-37-22)13-10-20(21)15-23(25)27(34)31-40(3,35)36/h4-9,14-16H,10-13,17-18H2,1-3H3,(H,31,34)/b9-8+. The first-order valence-electron chi connectivity index (χ1n) is 12.9. The average molecular weight is 566 g/mol. The van der Waals surface area contributed by atoms with Gasteiger partial charge in [-0.1, -0.05) is 19.1 Å². The third kappa shape index (κ3) is 6.04. The molecular formula is C29H31N3O7S. The van der Waals surface area contributed by atoms with Crippen LogP contribution in [-0.4, -0.2) is 42.9 Å². The van der Waals surface area contributed by atoms with Gasteiger partial charge in [0.1, 0.15) is 29.6 Å². The average Bonchev–Trinajstić information content (AvgIpc) is 3.66. The van der Waals surface area contributed by atoms with Gasteiger partial charge >= 0.3 is 0 Å². The number of rotatable bonds is 8. The van der Waals surface area contributed by atoms with Gasteiger partial charge in [-0.05, 0) is 67.7 Å². The molecule has 3 heterocycles. The van der Waals surface area contributed by atoms with Crippen LogP contribution in [0.25, 0.3) is 6.08 Å². The number of ether oxygens (including phenoxy) is 1. The number of nitrogens with zero attached hydrogens (tertiary/aromatic N) is 2. The van der Waals surface area contributed by atoms with E-state index in [-0.39, 0.29) is 29.2 Å². The smallest absolute Gasteiger partial charge is 0.268 e. The van der Waals surface area contributed by atoms with Crippen molar-refractivity contribution in [2.45, 2.75) is 51.7 Å². The molecule has 210 valence electrons. The van der Waals surface area contributed by atoms with Crippen LogP contribution in [0.15, 0.2) is 57.6 Å². The van der Waals surface area contributed by atoms with Gasteiger partial charge in [-0.15, -0.1) is 0 Å². The number of amides is 2. The summed E-state index contributed by atoms with van der Waals surface area (Å²) >= 11 is 0. The van der Waals surface area contributed by atoms with Gasteiger partial charge in [-0.3, -0.25) is 9.59 Å². The number of benzene rings is 1. The van der Waals surface area contributed by atoms with E-state index in [4.69, 9.17) is 13.6 Å². The third-order valence-electron chi connectivity index (χ3n) is 7.16. The predicted octanol–water partition coefficient (Wildman–Crippen LogP) is 4.05. The van der Waals surface area contributed by atoms with Crippen LogP contribution in [0.3, 0.4) is 0 Å². The Kier molecular flexibility index (Phi) is 7.41. The Morgan fingerprint density at radius 1 is 1.23 bits per heavy atom. The maximum atomic E-state index is 12.9. The number of oxazole rings is 1. The number of hydrogen-bond donors (Lipinski definition) is 1. The first-order valence-corrected chi connectivity index (χ1v) is 14.8. The number of fused-ring (bicyclic) bond motifs is 1. The molecule has 1 aliphatic heterocycles. The lowest BCUT2D eigenvalue weighted by atomic mass is 9.88. The van der Waals surface area contributed by atoms with E-state index in [0.717, 1.165) is 30.2 Å². The number of sulfonamides is 1. The van der Waals surface area contributed by atoms with E-state index in [1.165, 1.54) is 12.3 Å². The van der Waals surface area contributed by atoms with Gasteiger partial charge in [0.2, 0.25) is 21.8 Å². The second-order valence-electron chi connectivity index (χ2n) is 10.4. The maximum absolute atomic E-state index is 12.9. The zero-order valence-corrected chi connectivity index (χ0v) is 23.4. The Morgan fingerprint density at radius 2 is 2.00 bits per heavy atom. The van der Waals surface area contributed by atoms with Crippen LogP contribution in [0, 0.1) is 6.92 Å². The number of furan rings is 1. The molecule has 2 amide bonds. The third-order valence-corrected chi connectivity index (χ3v) is 7.71. The number of carbonyl (C=O) groups excluding carboxylic acids is 2. The Balaban J connectivity index is 1.39. The molecule has 5 rings (SSSR count). The van der Waals surface area contributed by atoms with Crippen molar-refractivity contribution >= 4 is 27.9 Å². The molecule has 40 heavy (non-hydrogen) atoms. The second kappa shape index (κ2) is 10.8. The van der Waals surface area contributed by atoms with E-state index < -0.39 is 15.9 Å². The molecule has 1 N–H and O–H groups in total. The molecule has 0 spiro atoms. The molecule has 11 heteroatoms. The number of nitrogens with one attached hydrogen (secondary N) is 1. The number of aryl methyl sites for hydroxylation is 1. The quantitative estimate of drug-likeness (QED) is 0.320. The summed E-state index contributed by atoms with van der Waals surface area (Å²) < 4.78 is 42.9. The van der Waals surface area contributed by atoms with E-state index in [1.807, 2.05) is 11.6 Å². The van der Waals surface area contributed by atoms with Crippen LogP contribution in [0.1, 0.15) is 64.4 Å². The number of hydrogen-bond acceptors (Lipinski definition) is 8. The minimum absolute atomic E-state index is 0.0192. The molecule has 0 saturated carbocycles. The Labute approximate surface area is 232 Å². The van der Waals surface area contributed by atoms with Gasteiger partial charge in [-0.2, -0.15) is 0 Å².